The van der Waals surface area contributed by atoms with Gasteiger partial charge in [0.05, 0.1) is 25.5 Å². The lowest BCUT2D eigenvalue weighted by atomic mass is 10.0. The lowest BCUT2D eigenvalue weighted by molar-refractivity contribution is 0.0308. The number of aliphatic hydroxyl groups excluding tert-OH is 1. The third-order valence-corrected chi connectivity index (χ3v) is 5.92. The van der Waals surface area contributed by atoms with Gasteiger partial charge in [0.15, 0.2) is 17.1 Å². The number of nitrogens with zero attached hydrogens (tertiary/aromatic N) is 3. The van der Waals surface area contributed by atoms with E-state index in [1.165, 1.54) is 6.07 Å². The van der Waals surface area contributed by atoms with Crippen LogP contribution in [0.1, 0.15) is 34.3 Å². The van der Waals surface area contributed by atoms with E-state index in [4.69, 9.17) is 9.47 Å². The van der Waals surface area contributed by atoms with Gasteiger partial charge in [0.25, 0.3) is 5.91 Å². The minimum atomic E-state index is -0.855. The lowest BCUT2D eigenvalue weighted by Crippen LogP contribution is -2.69. The molecule has 1 saturated heterocycles. The summed E-state index contributed by atoms with van der Waals surface area (Å²) < 4.78 is 13.1. The molecule has 0 aliphatic carbocycles. The Balaban J connectivity index is 1.64. The molecule has 146 valence electrons. The summed E-state index contributed by atoms with van der Waals surface area (Å²) in [5, 5.41) is 12.5. The minimum Gasteiger partial charge on any atom is -0.482 e. The highest BCUT2D eigenvalue weighted by molar-refractivity contribution is 5.97. The zero-order valence-electron chi connectivity index (χ0n) is 15.5. The van der Waals surface area contributed by atoms with Crippen molar-refractivity contribution >= 4 is 5.91 Å². The topological polar surface area (TPSA) is 84.2 Å². The molecule has 2 aromatic rings. The first-order valence-electron chi connectivity index (χ1n) is 9.31. The standard InChI is InChI=1S/C20H21N3O5/c1-21-19(26)17-18(28-11-13-5-3-2-4-6-13)15(24)9-14-16(25)10-22(23(14)17)20(21)7-8-27-12-20/h2-6,9,16,25H,7-8,10-12H2,1H3. The van der Waals surface area contributed by atoms with Gasteiger partial charge in [0, 0.05) is 19.5 Å². The summed E-state index contributed by atoms with van der Waals surface area (Å²) in [6.07, 6.45) is -0.223. The molecule has 2 atom stereocenters. The summed E-state index contributed by atoms with van der Waals surface area (Å²) in [5.74, 6) is -0.296. The third kappa shape index (κ3) is 2.25. The fourth-order valence-electron chi connectivity index (χ4n) is 4.38. The van der Waals surface area contributed by atoms with Gasteiger partial charge in [-0.3, -0.25) is 14.6 Å². The van der Waals surface area contributed by atoms with E-state index in [1.54, 1.807) is 16.6 Å². The van der Waals surface area contributed by atoms with Gasteiger partial charge in [0.2, 0.25) is 5.43 Å². The molecule has 28 heavy (non-hydrogen) atoms. The van der Waals surface area contributed by atoms with E-state index in [2.05, 4.69) is 0 Å². The molecule has 0 saturated carbocycles. The number of carbonyl (C=O) groups excluding carboxylic acids is 1. The van der Waals surface area contributed by atoms with Crippen molar-refractivity contribution in [2.24, 2.45) is 0 Å². The van der Waals surface area contributed by atoms with Gasteiger partial charge in [-0.15, -0.1) is 0 Å². The van der Waals surface area contributed by atoms with Crippen LogP contribution < -0.4 is 15.2 Å². The maximum atomic E-state index is 13.3. The lowest BCUT2D eigenvalue weighted by Gasteiger charge is -2.50. The summed E-state index contributed by atoms with van der Waals surface area (Å²) in [4.78, 5) is 27.7. The SMILES string of the molecule is CN1C(=O)c2c(OCc3ccccc3)c(=O)cc3n2N(CC3O)C12CCOC2. The van der Waals surface area contributed by atoms with Crippen molar-refractivity contribution in [1.82, 2.24) is 9.58 Å². The zero-order valence-corrected chi connectivity index (χ0v) is 15.5. The van der Waals surface area contributed by atoms with Crippen LogP contribution in [-0.4, -0.2) is 53.1 Å². The Kier molecular flexibility index (Phi) is 3.75. The van der Waals surface area contributed by atoms with Gasteiger partial charge in [-0.2, -0.15) is 0 Å². The Labute approximate surface area is 161 Å². The van der Waals surface area contributed by atoms with E-state index >= 15 is 0 Å². The number of carbonyl (C=O) groups is 1. The van der Waals surface area contributed by atoms with Crippen molar-refractivity contribution in [3.8, 4) is 5.75 Å². The minimum absolute atomic E-state index is 0.0114. The summed E-state index contributed by atoms with van der Waals surface area (Å²) in [7, 11) is 1.71. The van der Waals surface area contributed by atoms with E-state index in [1.807, 2.05) is 35.3 Å². The number of hydrogen-bond acceptors (Lipinski definition) is 6. The Morgan fingerprint density at radius 2 is 2.07 bits per heavy atom. The maximum Gasteiger partial charge on any atom is 0.278 e. The quantitative estimate of drug-likeness (QED) is 0.836. The van der Waals surface area contributed by atoms with Crippen molar-refractivity contribution < 1.29 is 19.4 Å². The smallest absolute Gasteiger partial charge is 0.278 e. The molecule has 5 rings (SSSR count). The summed E-state index contributed by atoms with van der Waals surface area (Å²) in [6, 6.07) is 10.8. The van der Waals surface area contributed by atoms with E-state index in [-0.39, 0.29) is 30.5 Å². The fraction of sp³-hybridized carbons (Fsp3) is 0.400. The first-order chi connectivity index (χ1) is 13.5. The molecule has 3 aliphatic rings. The molecule has 3 aliphatic heterocycles. The van der Waals surface area contributed by atoms with Crippen LogP contribution in [-0.2, 0) is 11.3 Å². The van der Waals surface area contributed by atoms with Gasteiger partial charge in [-0.25, -0.2) is 4.68 Å². The maximum absolute atomic E-state index is 13.3. The molecular formula is C20H21N3O5. The van der Waals surface area contributed by atoms with Crippen LogP contribution in [0.2, 0.25) is 0 Å². The highest BCUT2D eigenvalue weighted by Gasteiger charge is 2.55. The van der Waals surface area contributed by atoms with Crippen molar-refractivity contribution in [3.05, 3.63) is 63.6 Å². The first-order valence-corrected chi connectivity index (χ1v) is 9.31. The second-order valence-electron chi connectivity index (χ2n) is 7.44. The van der Waals surface area contributed by atoms with Crippen LogP contribution in [0.15, 0.2) is 41.2 Å². The first kappa shape index (κ1) is 17.3. The summed E-state index contributed by atoms with van der Waals surface area (Å²) >= 11 is 0. The van der Waals surface area contributed by atoms with Gasteiger partial charge in [-0.05, 0) is 5.56 Å². The van der Waals surface area contributed by atoms with Crippen LogP contribution in [0.4, 0.5) is 0 Å². The number of ether oxygens (including phenoxy) is 2. The summed E-state index contributed by atoms with van der Waals surface area (Å²) in [5.41, 5.74) is 0.407. The highest BCUT2D eigenvalue weighted by atomic mass is 16.5. The molecule has 8 heteroatoms. The van der Waals surface area contributed by atoms with Gasteiger partial charge >= 0.3 is 0 Å². The highest BCUT2D eigenvalue weighted by Crippen LogP contribution is 2.41. The monoisotopic (exact) mass is 383 g/mol. The van der Waals surface area contributed by atoms with E-state index in [9.17, 15) is 14.7 Å². The van der Waals surface area contributed by atoms with E-state index in [0.717, 1.165) is 5.56 Å². The van der Waals surface area contributed by atoms with Gasteiger partial charge in [-0.1, -0.05) is 30.3 Å². The van der Waals surface area contributed by atoms with Gasteiger partial charge in [0.1, 0.15) is 12.7 Å². The molecule has 2 unspecified atom stereocenters. The largest absolute Gasteiger partial charge is 0.482 e. The molecular weight excluding hydrogens is 362 g/mol. The molecule has 1 N–H and O–H groups in total. The van der Waals surface area contributed by atoms with Crippen molar-refractivity contribution in [3.63, 3.8) is 0 Å². The third-order valence-electron chi connectivity index (χ3n) is 5.92. The molecule has 0 radical (unpaired) electrons. The number of amides is 1. The van der Waals surface area contributed by atoms with Crippen LogP contribution in [0.25, 0.3) is 0 Å². The number of aromatic nitrogens is 1. The van der Waals surface area contributed by atoms with Crippen molar-refractivity contribution in [1.29, 1.82) is 0 Å². The number of rotatable bonds is 3. The fourth-order valence-corrected chi connectivity index (χ4v) is 4.38. The Morgan fingerprint density at radius 1 is 1.29 bits per heavy atom. The van der Waals surface area contributed by atoms with Crippen molar-refractivity contribution in [2.45, 2.75) is 24.8 Å². The second-order valence-corrected chi connectivity index (χ2v) is 7.44. The number of aliphatic hydroxyl groups is 1. The van der Waals surface area contributed by atoms with Gasteiger partial charge < -0.3 is 19.5 Å². The number of pyridine rings is 1. The zero-order chi connectivity index (χ0) is 19.5. The number of hydrogen-bond donors (Lipinski definition) is 1. The van der Waals surface area contributed by atoms with Crippen LogP contribution in [0, 0.1) is 0 Å². The number of likely N-dealkylation sites (N-methyl/N-ethyl adjacent to an activating group) is 1. The molecule has 0 bridgehead atoms. The normalized spacial score (nSPS) is 25.5. The molecule has 1 aromatic heterocycles. The van der Waals surface area contributed by atoms with Crippen molar-refractivity contribution in [2.75, 3.05) is 31.8 Å². The van der Waals surface area contributed by atoms with E-state index < -0.39 is 17.2 Å². The number of benzene rings is 1. The molecule has 1 aromatic carbocycles. The van der Waals surface area contributed by atoms with Crippen LogP contribution >= 0.6 is 0 Å². The Morgan fingerprint density at radius 3 is 2.79 bits per heavy atom. The summed E-state index contributed by atoms with van der Waals surface area (Å²) in [6.45, 7) is 1.35. The molecule has 4 heterocycles. The molecule has 1 spiro atoms. The molecule has 8 nitrogen and oxygen atoms in total. The average Bonchev–Trinajstić information content (AvgIpc) is 3.31. The predicted octanol–water partition coefficient (Wildman–Crippen LogP) is 0.615. The average molecular weight is 383 g/mol. The van der Waals surface area contributed by atoms with E-state index in [0.29, 0.717) is 25.3 Å². The molecule has 1 amide bonds. The predicted molar refractivity (Wildman–Crippen MR) is 99.8 cm³/mol. The Bertz CT molecular complexity index is 997. The second kappa shape index (κ2) is 6.08. The Hall–Kier alpha value is -2.84. The van der Waals surface area contributed by atoms with Crippen LogP contribution in [0.3, 0.4) is 0 Å². The van der Waals surface area contributed by atoms with Crippen LogP contribution in [0.5, 0.6) is 5.75 Å². The molecule has 1 fully saturated rings. The number of fused-ring (bicyclic) bond motifs is 1.